The summed E-state index contributed by atoms with van der Waals surface area (Å²) in [6.07, 6.45) is 3.88. The molecule has 0 aromatic carbocycles. The minimum atomic E-state index is 0.0852. The molecule has 1 rings (SSSR count). The highest BCUT2D eigenvalue weighted by molar-refractivity contribution is 5.79. The van der Waals surface area contributed by atoms with E-state index >= 15 is 0 Å². The number of rotatable bonds is 9. The first-order valence-corrected chi connectivity index (χ1v) is 7.88. The molecule has 0 spiro atoms. The Morgan fingerprint density at radius 1 is 1.15 bits per heavy atom. The molecular formula is C15H30N2O3. The van der Waals surface area contributed by atoms with Crippen LogP contribution in [0, 0.1) is 5.92 Å². The van der Waals surface area contributed by atoms with Gasteiger partial charge in [-0.3, -0.25) is 4.79 Å². The lowest BCUT2D eigenvalue weighted by Gasteiger charge is -2.31. The van der Waals surface area contributed by atoms with Crippen molar-refractivity contribution in [2.45, 2.75) is 45.6 Å². The van der Waals surface area contributed by atoms with Gasteiger partial charge in [0.25, 0.3) is 0 Å². The SMILES string of the molecule is CCOCCN(CCOCC)C(=O)C1CCCC(N)C1. The van der Waals surface area contributed by atoms with Crippen LogP contribution in [0.3, 0.4) is 0 Å². The molecule has 20 heavy (non-hydrogen) atoms. The molecule has 2 atom stereocenters. The van der Waals surface area contributed by atoms with Crippen LogP contribution in [0.4, 0.5) is 0 Å². The normalized spacial score (nSPS) is 22.8. The van der Waals surface area contributed by atoms with Crippen LogP contribution in [0.2, 0.25) is 0 Å². The quantitative estimate of drug-likeness (QED) is 0.651. The predicted molar refractivity (Wildman–Crippen MR) is 79.5 cm³/mol. The fourth-order valence-corrected chi connectivity index (χ4v) is 2.68. The average Bonchev–Trinajstić information content (AvgIpc) is 2.45. The summed E-state index contributed by atoms with van der Waals surface area (Å²) in [7, 11) is 0. The van der Waals surface area contributed by atoms with Crippen molar-refractivity contribution >= 4 is 5.91 Å². The molecular weight excluding hydrogens is 256 g/mol. The molecule has 0 saturated heterocycles. The van der Waals surface area contributed by atoms with Gasteiger partial charge in [-0.05, 0) is 33.1 Å². The van der Waals surface area contributed by atoms with Crippen molar-refractivity contribution in [2.75, 3.05) is 39.5 Å². The molecule has 2 N–H and O–H groups in total. The fourth-order valence-electron chi connectivity index (χ4n) is 2.68. The van der Waals surface area contributed by atoms with Crippen LogP contribution in [0.5, 0.6) is 0 Å². The number of nitrogens with zero attached hydrogens (tertiary/aromatic N) is 1. The zero-order valence-corrected chi connectivity index (χ0v) is 13.0. The van der Waals surface area contributed by atoms with Gasteiger partial charge in [-0.25, -0.2) is 0 Å². The topological polar surface area (TPSA) is 64.8 Å². The number of hydrogen-bond donors (Lipinski definition) is 1. The molecule has 2 unspecified atom stereocenters. The first kappa shape index (κ1) is 17.4. The van der Waals surface area contributed by atoms with Gasteiger partial charge in [0.05, 0.1) is 13.2 Å². The Morgan fingerprint density at radius 2 is 1.75 bits per heavy atom. The van der Waals surface area contributed by atoms with E-state index < -0.39 is 0 Å². The van der Waals surface area contributed by atoms with E-state index in [0.717, 1.165) is 25.7 Å². The Bertz CT molecular complexity index is 264. The zero-order chi connectivity index (χ0) is 14.8. The second kappa shape index (κ2) is 10.1. The summed E-state index contributed by atoms with van der Waals surface area (Å²) >= 11 is 0. The van der Waals surface area contributed by atoms with Gasteiger partial charge < -0.3 is 20.1 Å². The Labute approximate surface area is 122 Å². The average molecular weight is 286 g/mol. The van der Waals surface area contributed by atoms with E-state index in [1.165, 1.54) is 0 Å². The first-order valence-electron chi connectivity index (χ1n) is 7.88. The van der Waals surface area contributed by atoms with Gasteiger partial charge in [-0.1, -0.05) is 6.42 Å². The number of carbonyl (C=O) groups excluding carboxylic acids is 1. The summed E-state index contributed by atoms with van der Waals surface area (Å²) in [5, 5.41) is 0. The number of carbonyl (C=O) groups is 1. The Kier molecular flexibility index (Phi) is 8.82. The summed E-state index contributed by atoms with van der Waals surface area (Å²) in [6.45, 7) is 7.76. The summed E-state index contributed by atoms with van der Waals surface area (Å²) in [4.78, 5) is 14.5. The zero-order valence-electron chi connectivity index (χ0n) is 13.0. The molecule has 0 bridgehead atoms. The molecule has 1 aliphatic carbocycles. The van der Waals surface area contributed by atoms with Crippen LogP contribution in [0.15, 0.2) is 0 Å². The van der Waals surface area contributed by atoms with E-state index in [-0.39, 0.29) is 17.9 Å². The lowest BCUT2D eigenvalue weighted by Crippen LogP contribution is -2.43. The van der Waals surface area contributed by atoms with Gasteiger partial charge in [0, 0.05) is 38.3 Å². The molecule has 1 fully saturated rings. The van der Waals surface area contributed by atoms with Crippen LogP contribution < -0.4 is 5.73 Å². The molecule has 0 aromatic rings. The fraction of sp³-hybridized carbons (Fsp3) is 0.933. The molecule has 5 nitrogen and oxygen atoms in total. The summed E-state index contributed by atoms with van der Waals surface area (Å²) in [5.74, 6) is 0.307. The molecule has 0 heterocycles. The van der Waals surface area contributed by atoms with E-state index in [9.17, 15) is 4.79 Å². The van der Waals surface area contributed by atoms with Crippen molar-refractivity contribution in [1.29, 1.82) is 0 Å². The first-order chi connectivity index (χ1) is 9.69. The minimum Gasteiger partial charge on any atom is -0.380 e. The molecule has 0 radical (unpaired) electrons. The van der Waals surface area contributed by atoms with E-state index in [4.69, 9.17) is 15.2 Å². The predicted octanol–water partition coefficient (Wildman–Crippen LogP) is 1.41. The Morgan fingerprint density at radius 3 is 2.25 bits per heavy atom. The summed E-state index contributed by atoms with van der Waals surface area (Å²) in [6, 6.07) is 0.179. The van der Waals surface area contributed by atoms with Crippen molar-refractivity contribution in [1.82, 2.24) is 4.90 Å². The lowest BCUT2D eigenvalue weighted by atomic mass is 9.85. The van der Waals surface area contributed by atoms with E-state index in [2.05, 4.69) is 0 Å². The van der Waals surface area contributed by atoms with Crippen LogP contribution >= 0.6 is 0 Å². The maximum atomic E-state index is 12.6. The van der Waals surface area contributed by atoms with Gasteiger partial charge in [-0.2, -0.15) is 0 Å². The van der Waals surface area contributed by atoms with Crippen LogP contribution in [0.25, 0.3) is 0 Å². The van der Waals surface area contributed by atoms with Crippen LogP contribution in [-0.4, -0.2) is 56.4 Å². The maximum Gasteiger partial charge on any atom is 0.225 e. The Balaban J connectivity index is 2.47. The standard InChI is InChI=1S/C15H30N2O3/c1-3-19-10-8-17(9-11-20-4-2)15(18)13-6-5-7-14(16)12-13/h13-14H,3-12,16H2,1-2H3. The largest absolute Gasteiger partial charge is 0.380 e. The summed E-state index contributed by atoms with van der Waals surface area (Å²) in [5.41, 5.74) is 5.99. The molecule has 118 valence electrons. The van der Waals surface area contributed by atoms with Crippen molar-refractivity contribution in [3.8, 4) is 0 Å². The smallest absolute Gasteiger partial charge is 0.225 e. The number of hydrogen-bond acceptors (Lipinski definition) is 4. The molecule has 0 aromatic heterocycles. The summed E-state index contributed by atoms with van der Waals surface area (Å²) < 4.78 is 10.7. The van der Waals surface area contributed by atoms with Gasteiger partial charge in [0.15, 0.2) is 0 Å². The molecule has 1 amide bonds. The number of amides is 1. The van der Waals surface area contributed by atoms with Crippen molar-refractivity contribution < 1.29 is 14.3 Å². The molecule has 0 aliphatic heterocycles. The van der Waals surface area contributed by atoms with E-state index in [1.54, 1.807) is 0 Å². The lowest BCUT2D eigenvalue weighted by molar-refractivity contribution is -0.138. The highest BCUT2D eigenvalue weighted by Crippen LogP contribution is 2.24. The van der Waals surface area contributed by atoms with Crippen LogP contribution in [0.1, 0.15) is 39.5 Å². The van der Waals surface area contributed by atoms with Gasteiger partial charge in [-0.15, -0.1) is 0 Å². The van der Waals surface area contributed by atoms with Crippen molar-refractivity contribution in [3.05, 3.63) is 0 Å². The third kappa shape index (κ3) is 6.20. The van der Waals surface area contributed by atoms with Gasteiger partial charge in [0.2, 0.25) is 5.91 Å². The second-order valence-corrected chi connectivity index (χ2v) is 5.34. The molecule has 5 heteroatoms. The highest BCUT2D eigenvalue weighted by atomic mass is 16.5. The van der Waals surface area contributed by atoms with E-state index in [0.29, 0.717) is 39.5 Å². The third-order valence-electron chi connectivity index (χ3n) is 3.80. The van der Waals surface area contributed by atoms with Crippen molar-refractivity contribution in [2.24, 2.45) is 11.7 Å². The highest BCUT2D eigenvalue weighted by Gasteiger charge is 2.28. The number of nitrogens with two attached hydrogens (primary N) is 1. The molecule has 1 saturated carbocycles. The van der Waals surface area contributed by atoms with Gasteiger partial charge in [0.1, 0.15) is 0 Å². The van der Waals surface area contributed by atoms with Crippen LogP contribution in [-0.2, 0) is 14.3 Å². The second-order valence-electron chi connectivity index (χ2n) is 5.34. The maximum absolute atomic E-state index is 12.6. The minimum absolute atomic E-state index is 0.0852. The third-order valence-corrected chi connectivity index (χ3v) is 3.80. The van der Waals surface area contributed by atoms with Crippen molar-refractivity contribution in [3.63, 3.8) is 0 Å². The Hall–Kier alpha value is -0.650. The molecule has 1 aliphatic rings. The number of ether oxygens (including phenoxy) is 2. The van der Waals surface area contributed by atoms with Gasteiger partial charge >= 0.3 is 0 Å². The monoisotopic (exact) mass is 286 g/mol. The van der Waals surface area contributed by atoms with E-state index in [1.807, 2.05) is 18.7 Å².